The fourth-order valence-corrected chi connectivity index (χ4v) is 11.1. The van der Waals surface area contributed by atoms with Crippen LogP contribution < -0.4 is 14.7 Å². The zero-order valence-corrected chi connectivity index (χ0v) is 49.4. The molecule has 0 aliphatic carbocycles. The lowest BCUT2D eigenvalue weighted by Crippen LogP contribution is -2.09. The minimum absolute atomic E-state index is 1.09. The van der Waals surface area contributed by atoms with Gasteiger partial charge in [0, 0.05) is 51.2 Å². The zero-order chi connectivity index (χ0) is 59.8. The molecule has 0 aliphatic heterocycles. The van der Waals surface area contributed by atoms with Crippen molar-refractivity contribution in [2.45, 2.75) is 0 Å². The highest BCUT2D eigenvalue weighted by molar-refractivity contribution is 5.83. The summed E-state index contributed by atoms with van der Waals surface area (Å²) in [6.45, 7) is 0. The summed E-state index contributed by atoms with van der Waals surface area (Å²) in [5, 5.41) is 0. The van der Waals surface area contributed by atoms with Crippen LogP contribution in [0.4, 0.5) is 51.2 Å². The Labute approximate surface area is 524 Å². The minimum atomic E-state index is 1.09. The number of hydrogen-bond acceptors (Lipinski definition) is 3. The molecular formula is C86H65N3. The SMILES string of the molecule is C(=C\c1ccc(N(c2ccccc2)c2ccccc2)cc1)/c1ccc(-c2ccc(/C=C/c3ccc(N(c4ccccc4)c4ccc(/C=C/c5ccc(-c6ccc(/C=C/c7ccc(N(c8ccccc8)c8ccccc8)cc7)cc6)cc5)cc4)cc3)cc2)cc1. The lowest BCUT2D eigenvalue weighted by molar-refractivity contribution is 1.28. The number of rotatable bonds is 19. The van der Waals surface area contributed by atoms with Gasteiger partial charge in [-0.25, -0.2) is 0 Å². The maximum atomic E-state index is 2.31. The molecule has 89 heavy (non-hydrogen) atoms. The van der Waals surface area contributed by atoms with Crippen LogP contribution in [0.15, 0.2) is 346 Å². The van der Waals surface area contributed by atoms with Crippen LogP contribution in [0.25, 0.3) is 70.9 Å². The fraction of sp³-hybridized carbons (Fsp3) is 0. The maximum absolute atomic E-state index is 2.31. The smallest absolute Gasteiger partial charge is 0.0462 e. The van der Waals surface area contributed by atoms with Crippen molar-refractivity contribution in [2.75, 3.05) is 14.7 Å². The molecule has 0 fully saturated rings. The predicted molar refractivity (Wildman–Crippen MR) is 383 cm³/mol. The van der Waals surface area contributed by atoms with Gasteiger partial charge in [0.15, 0.2) is 0 Å². The fourth-order valence-electron chi connectivity index (χ4n) is 11.1. The van der Waals surface area contributed by atoms with Gasteiger partial charge in [0.2, 0.25) is 0 Å². The topological polar surface area (TPSA) is 9.72 Å². The monoisotopic (exact) mass is 1140 g/mol. The highest BCUT2D eigenvalue weighted by Crippen LogP contribution is 2.38. The van der Waals surface area contributed by atoms with Crippen molar-refractivity contribution >= 4 is 99.8 Å². The molecule has 0 radical (unpaired) electrons. The molecule has 0 amide bonds. The quantitative estimate of drug-likeness (QED) is 0.0747. The van der Waals surface area contributed by atoms with Crippen molar-refractivity contribution in [2.24, 2.45) is 0 Å². The molecule has 0 aromatic heterocycles. The van der Waals surface area contributed by atoms with Gasteiger partial charge in [-0.1, -0.05) is 285 Å². The minimum Gasteiger partial charge on any atom is -0.311 e. The van der Waals surface area contributed by atoms with E-state index in [0.717, 1.165) is 95.7 Å². The Morgan fingerprint density at radius 1 is 0.124 bits per heavy atom. The Kier molecular flexibility index (Phi) is 17.4. The van der Waals surface area contributed by atoms with Gasteiger partial charge in [0.25, 0.3) is 0 Å². The Morgan fingerprint density at radius 2 is 0.247 bits per heavy atom. The van der Waals surface area contributed by atoms with Crippen LogP contribution >= 0.6 is 0 Å². The summed E-state index contributed by atoms with van der Waals surface area (Å²) >= 11 is 0. The second-order valence-electron chi connectivity index (χ2n) is 21.9. The Morgan fingerprint density at radius 3 is 0.393 bits per heavy atom. The molecule has 0 atom stereocenters. The zero-order valence-electron chi connectivity index (χ0n) is 49.4. The molecule has 0 spiro atoms. The van der Waals surface area contributed by atoms with E-state index in [1.807, 2.05) is 0 Å². The van der Waals surface area contributed by atoms with E-state index in [1.54, 1.807) is 0 Å². The van der Waals surface area contributed by atoms with Crippen LogP contribution in [0.5, 0.6) is 0 Å². The summed E-state index contributed by atoms with van der Waals surface area (Å²) in [6.07, 6.45) is 17.4. The molecule has 0 bridgehead atoms. The maximum Gasteiger partial charge on any atom is 0.0462 e. The van der Waals surface area contributed by atoms with Gasteiger partial charge in [-0.3, -0.25) is 0 Å². The van der Waals surface area contributed by atoms with E-state index >= 15 is 0 Å². The molecule has 13 rings (SSSR count). The van der Waals surface area contributed by atoms with E-state index in [9.17, 15) is 0 Å². The number of hydrogen-bond donors (Lipinski definition) is 0. The third kappa shape index (κ3) is 14.2. The first-order chi connectivity index (χ1) is 44.1. The van der Waals surface area contributed by atoms with Crippen molar-refractivity contribution in [3.05, 3.63) is 390 Å². The van der Waals surface area contributed by atoms with Crippen molar-refractivity contribution in [1.82, 2.24) is 0 Å². The van der Waals surface area contributed by atoms with E-state index < -0.39 is 0 Å². The lowest BCUT2D eigenvalue weighted by Gasteiger charge is -2.25. The molecule has 0 N–H and O–H groups in total. The largest absolute Gasteiger partial charge is 0.311 e. The normalized spacial score (nSPS) is 11.4. The van der Waals surface area contributed by atoms with Gasteiger partial charge in [-0.15, -0.1) is 0 Å². The van der Waals surface area contributed by atoms with Crippen LogP contribution in [0.2, 0.25) is 0 Å². The van der Waals surface area contributed by atoms with Gasteiger partial charge in [0.1, 0.15) is 0 Å². The number of benzene rings is 13. The van der Waals surface area contributed by atoms with E-state index in [2.05, 4.69) is 409 Å². The summed E-state index contributed by atoms with van der Waals surface area (Å²) in [5.41, 5.74) is 24.0. The first-order valence-corrected chi connectivity index (χ1v) is 30.3. The highest BCUT2D eigenvalue weighted by atomic mass is 15.2. The van der Waals surface area contributed by atoms with Crippen molar-refractivity contribution in [1.29, 1.82) is 0 Å². The Hall–Kier alpha value is -11.8. The van der Waals surface area contributed by atoms with Gasteiger partial charge in [0.05, 0.1) is 0 Å². The second-order valence-corrected chi connectivity index (χ2v) is 21.9. The van der Waals surface area contributed by atoms with Gasteiger partial charge in [-0.05, 0) is 176 Å². The molecule has 3 heteroatoms. The second kappa shape index (κ2) is 27.5. The van der Waals surface area contributed by atoms with Gasteiger partial charge in [-0.2, -0.15) is 0 Å². The van der Waals surface area contributed by atoms with E-state index in [0.29, 0.717) is 0 Å². The third-order valence-electron chi connectivity index (χ3n) is 15.9. The first kappa shape index (κ1) is 56.4. The van der Waals surface area contributed by atoms with Crippen LogP contribution in [-0.4, -0.2) is 0 Å². The van der Waals surface area contributed by atoms with Crippen molar-refractivity contribution < 1.29 is 0 Å². The lowest BCUT2D eigenvalue weighted by atomic mass is 10.0. The van der Waals surface area contributed by atoms with Crippen LogP contribution in [0.3, 0.4) is 0 Å². The third-order valence-corrected chi connectivity index (χ3v) is 15.9. The summed E-state index contributed by atoms with van der Waals surface area (Å²) in [5.74, 6) is 0. The predicted octanol–water partition coefficient (Wildman–Crippen LogP) is 24.1. The van der Waals surface area contributed by atoms with Crippen LogP contribution in [0, 0.1) is 0 Å². The number of para-hydroxylation sites is 5. The van der Waals surface area contributed by atoms with Crippen LogP contribution in [-0.2, 0) is 0 Å². The van der Waals surface area contributed by atoms with Gasteiger partial charge < -0.3 is 14.7 Å². The summed E-state index contributed by atoms with van der Waals surface area (Å²) < 4.78 is 0. The summed E-state index contributed by atoms with van der Waals surface area (Å²) in [7, 11) is 0. The van der Waals surface area contributed by atoms with E-state index in [4.69, 9.17) is 0 Å². The summed E-state index contributed by atoms with van der Waals surface area (Å²) in [4.78, 5) is 6.87. The molecule has 0 heterocycles. The number of anilines is 9. The molecule has 424 valence electrons. The summed E-state index contributed by atoms with van der Waals surface area (Å²) in [6, 6.07) is 123. The van der Waals surface area contributed by atoms with E-state index in [1.165, 1.54) is 22.3 Å². The number of nitrogens with zero attached hydrogens (tertiary/aromatic N) is 3. The van der Waals surface area contributed by atoms with Crippen LogP contribution in [0.1, 0.15) is 44.5 Å². The average Bonchev–Trinajstić information content (AvgIpc) is 3.52. The molecule has 0 unspecified atom stereocenters. The highest BCUT2D eigenvalue weighted by Gasteiger charge is 2.15. The molecule has 0 aliphatic rings. The van der Waals surface area contributed by atoms with Crippen molar-refractivity contribution in [3.63, 3.8) is 0 Å². The van der Waals surface area contributed by atoms with Gasteiger partial charge >= 0.3 is 0 Å². The first-order valence-electron chi connectivity index (χ1n) is 30.3. The average molecular weight is 1140 g/mol. The molecule has 13 aromatic rings. The molecule has 13 aromatic carbocycles. The Bertz CT molecular complexity index is 4110. The van der Waals surface area contributed by atoms with Crippen molar-refractivity contribution in [3.8, 4) is 22.3 Å². The molecule has 3 nitrogen and oxygen atoms in total. The molecular weight excluding hydrogens is 1070 g/mol. The standard InChI is InChI=1S/C86H65N3/c1-6-16-78(17-7-1)87(79-18-8-2-9-19-79)83-58-42-70(43-59-83)30-26-66-34-50-74(51-35-66)76-54-38-68(39-55-76)28-32-72-46-62-85(63-47-72)89(82-24-14-5-15-25-82)86-64-48-73(49-65-86)33-29-69-40-56-77(57-41-69)75-52-36-67(37-53-75)27-31-71-44-60-84(61-45-71)88(80-20-10-3-11-21-80)81-22-12-4-13-23-81/h1-65H/b30-26+,31-27+,32-28+,33-29+. The Balaban J connectivity index is 0.604. The molecule has 0 saturated carbocycles. The molecule has 0 saturated heterocycles. The van der Waals surface area contributed by atoms with E-state index in [-0.39, 0.29) is 0 Å².